The fraction of sp³-hybridized carbons (Fsp3) is 0.333. The highest BCUT2D eigenvalue weighted by atomic mass is 32.2. The Morgan fingerprint density at radius 1 is 1.38 bits per heavy atom. The maximum absolute atomic E-state index is 12.5. The number of amides is 2. The molecule has 0 unspecified atom stereocenters. The summed E-state index contributed by atoms with van der Waals surface area (Å²) in [5.41, 5.74) is 1.80. The van der Waals surface area contributed by atoms with E-state index in [0.717, 1.165) is 0 Å². The second-order valence-electron chi connectivity index (χ2n) is 6.01. The van der Waals surface area contributed by atoms with Crippen LogP contribution in [0.25, 0.3) is 11.4 Å². The Balaban J connectivity index is 1.82. The van der Waals surface area contributed by atoms with Gasteiger partial charge in [0.1, 0.15) is 11.9 Å². The number of benzene rings is 1. The summed E-state index contributed by atoms with van der Waals surface area (Å²) in [5, 5.41) is 2.86. The number of anilines is 1. The molecule has 7 nitrogen and oxygen atoms in total. The average Bonchev–Trinajstić information content (AvgIpc) is 3.11. The molecule has 0 radical (unpaired) electrons. The molecule has 0 spiro atoms. The van der Waals surface area contributed by atoms with Gasteiger partial charge in [-0.05, 0) is 18.6 Å². The molecule has 1 aliphatic rings. The highest BCUT2D eigenvalue weighted by molar-refractivity contribution is 7.99. The summed E-state index contributed by atoms with van der Waals surface area (Å²) >= 11 is 1.56. The number of rotatable bonds is 4. The standard InChI is InChI=1S/C18H20N4O3S/c1-3-13-8-16(24)21-17(19-13)12-5-4-6-14(7-12)20-18(25)15-9-26-10-22(15)11(2)23/h4-8,15H,3,9-10H2,1-2H3,(H,20,25)(H,19,21,24)/t15-/m0/s1. The van der Waals surface area contributed by atoms with Crippen LogP contribution in [0.15, 0.2) is 35.1 Å². The van der Waals surface area contributed by atoms with E-state index in [-0.39, 0.29) is 17.4 Å². The van der Waals surface area contributed by atoms with E-state index in [2.05, 4.69) is 15.3 Å². The number of aromatic amines is 1. The number of carbonyl (C=O) groups excluding carboxylic acids is 2. The monoisotopic (exact) mass is 372 g/mol. The van der Waals surface area contributed by atoms with Gasteiger partial charge in [-0.25, -0.2) is 4.98 Å². The largest absolute Gasteiger partial charge is 0.324 e. The summed E-state index contributed by atoms with van der Waals surface area (Å²) in [4.78, 5) is 44.7. The van der Waals surface area contributed by atoms with Crippen LogP contribution in [-0.4, -0.2) is 44.4 Å². The van der Waals surface area contributed by atoms with Crippen molar-refractivity contribution in [1.29, 1.82) is 0 Å². The summed E-state index contributed by atoms with van der Waals surface area (Å²) in [6.45, 7) is 3.40. The van der Waals surface area contributed by atoms with Crippen molar-refractivity contribution in [2.24, 2.45) is 0 Å². The molecule has 0 bridgehead atoms. The third-order valence-electron chi connectivity index (χ3n) is 4.15. The predicted octanol–water partition coefficient (Wildman–Crippen LogP) is 1.86. The molecule has 3 rings (SSSR count). The van der Waals surface area contributed by atoms with E-state index >= 15 is 0 Å². The number of aryl methyl sites for hydroxylation is 1. The number of nitrogens with zero attached hydrogens (tertiary/aromatic N) is 2. The molecule has 1 aromatic heterocycles. The van der Waals surface area contributed by atoms with Gasteiger partial charge < -0.3 is 15.2 Å². The van der Waals surface area contributed by atoms with Gasteiger partial charge in [0, 0.05) is 35.7 Å². The number of hydrogen-bond acceptors (Lipinski definition) is 5. The second kappa shape index (κ2) is 7.74. The van der Waals surface area contributed by atoms with E-state index < -0.39 is 6.04 Å². The van der Waals surface area contributed by atoms with Gasteiger partial charge in [-0.1, -0.05) is 19.1 Å². The molecule has 2 amide bonds. The highest BCUT2D eigenvalue weighted by Crippen LogP contribution is 2.23. The van der Waals surface area contributed by atoms with Gasteiger partial charge in [0.05, 0.1) is 5.88 Å². The molecule has 2 N–H and O–H groups in total. The van der Waals surface area contributed by atoms with Crippen LogP contribution in [-0.2, 0) is 16.0 Å². The lowest BCUT2D eigenvalue weighted by atomic mass is 10.1. The molecule has 0 aliphatic carbocycles. The molecular formula is C18H20N4O3S. The Morgan fingerprint density at radius 3 is 2.92 bits per heavy atom. The lowest BCUT2D eigenvalue weighted by Crippen LogP contribution is -2.43. The molecule has 1 aromatic carbocycles. The molecule has 0 saturated carbocycles. The summed E-state index contributed by atoms with van der Waals surface area (Å²) in [5.74, 6) is 1.25. The summed E-state index contributed by atoms with van der Waals surface area (Å²) in [6.07, 6.45) is 0.660. The zero-order valence-electron chi connectivity index (χ0n) is 14.6. The number of aromatic nitrogens is 2. The van der Waals surface area contributed by atoms with Crippen LogP contribution < -0.4 is 10.9 Å². The van der Waals surface area contributed by atoms with E-state index in [9.17, 15) is 14.4 Å². The van der Waals surface area contributed by atoms with Gasteiger partial charge in [-0.3, -0.25) is 14.4 Å². The van der Waals surface area contributed by atoms with Gasteiger partial charge in [-0.2, -0.15) is 0 Å². The third-order valence-corrected chi connectivity index (χ3v) is 5.16. The van der Waals surface area contributed by atoms with Crippen molar-refractivity contribution < 1.29 is 9.59 Å². The lowest BCUT2D eigenvalue weighted by Gasteiger charge is -2.21. The molecule has 2 aromatic rings. The molecule has 2 heterocycles. The SMILES string of the molecule is CCc1cc(=O)[nH]c(-c2cccc(NC(=O)[C@@H]3CSCN3C(C)=O)c2)n1. The van der Waals surface area contributed by atoms with Crippen LogP contribution in [0.5, 0.6) is 0 Å². The van der Waals surface area contributed by atoms with E-state index in [1.807, 2.05) is 13.0 Å². The van der Waals surface area contributed by atoms with Gasteiger partial charge in [-0.15, -0.1) is 11.8 Å². The van der Waals surface area contributed by atoms with Crippen molar-refractivity contribution in [3.8, 4) is 11.4 Å². The molecule has 1 fully saturated rings. The van der Waals surface area contributed by atoms with Crippen molar-refractivity contribution in [1.82, 2.24) is 14.9 Å². The fourth-order valence-electron chi connectivity index (χ4n) is 2.77. The Kier molecular flexibility index (Phi) is 5.41. The molecular weight excluding hydrogens is 352 g/mol. The van der Waals surface area contributed by atoms with Crippen molar-refractivity contribution in [2.75, 3.05) is 16.9 Å². The molecule has 1 atom stereocenters. The van der Waals surface area contributed by atoms with Gasteiger partial charge in [0.25, 0.3) is 5.56 Å². The van der Waals surface area contributed by atoms with Crippen LogP contribution in [0.1, 0.15) is 19.5 Å². The maximum Gasteiger partial charge on any atom is 0.251 e. The summed E-state index contributed by atoms with van der Waals surface area (Å²) < 4.78 is 0. The van der Waals surface area contributed by atoms with Crippen molar-refractivity contribution >= 4 is 29.3 Å². The number of thioether (sulfide) groups is 1. The average molecular weight is 372 g/mol. The second-order valence-corrected chi connectivity index (χ2v) is 7.01. The van der Waals surface area contributed by atoms with Gasteiger partial charge in [0.2, 0.25) is 11.8 Å². The smallest absolute Gasteiger partial charge is 0.251 e. The van der Waals surface area contributed by atoms with Crippen molar-refractivity contribution in [3.05, 3.63) is 46.4 Å². The number of nitrogens with one attached hydrogen (secondary N) is 2. The minimum absolute atomic E-state index is 0.109. The highest BCUT2D eigenvalue weighted by Gasteiger charge is 2.32. The molecule has 136 valence electrons. The molecule has 1 saturated heterocycles. The van der Waals surface area contributed by atoms with Crippen LogP contribution >= 0.6 is 11.8 Å². The summed E-state index contributed by atoms with van der Waals surface area (Å²) in [6, 6.07) is 8.14. The predicted molar refractivity (Wildman–Crippen MR) is 102 cm³/mol. The first-order valence-corrected chi connectivity index (χ1v) is 9.50. The van der Waals surface area contributed by atoms with Gasteiger partial charge >= 0.3 is 0 Å². The number of H-pyrrole nitrogens is 1. The minimum atomic E-state index is -0.470. The number of carbonyl (C=O) groups is 2. The van der Waals surface area contributed by atoms with Crippen molar-refractivity contribution in [3.63, 3.8) is 0 Å². The Morgan fingerprint density at radius 2 is 2.19 bits per heavy atom. The van der Waals surface area contributed by atoms with Gasteiger partial charge in [0.15, 0.2) is 0 Å². The lowest BCUT2D eigenvalue weighted by molar-refractivity contribution is -0.134. The van der Waals surface area contributed by atoms with Crippen LogP contribution in [0.4, 0.5) is 5.69 Å². The van der Waals surface area contributed by atoms with Crippen LogP contribution in [0.3, 0.4) is 0 Å². The number of hydrogen-bond donors (Lipinski definition) is 2. The Labute approximate surface area is 155 Å². The fourth-order valence-corrected chi connectivity index (χ4v) is 3.98. The molecule has 8 heteroatoms. The van der Waals surface area contributed by atoms with Crippen LogP contribution in [0, 0.1) is 0 Å². The van der Waals surface area contributed by atoms with Crippen molar-refractivity contribution in [2.45, 2.75) is 26.3 Å². The first-order valence-electron chi connectivity index (χ1n) is 8.34. The Hall–Kier alpha value is -2.61. The van der Waals surface area contributed by atoms with E-state index in [4.69, 9.17) is 0 Å². The Bertz CT molecular complexity index is 896. The maximum atomic E-state index is 12.5. The minimum Gasteiger partial charge on any atom is -0.324 e. The molecule has 1 aliphatic heterocycles. The topological polar surface area (TPSA) is 95.2 Å². The van der Waals surface area contributed by atoms with Crippen LogP contribution in [0.2, 0.25) is 0 Å². The molecule has 26 heavy (non-hydrogen) atoms. The summed E-state index contributed by atoms with van der Waals surface area (Å²) in [7, 11) is 0. The third kappa shape index (κ3) is 3.96. The quantitative estimate of drug-likeness (QED) is 0.854. The van der Waals surface area contributed by atoms with E-state index in [1.165, 1.54) is 13.0 Å². The zero-order valence-corrected chi connectivity index (χ0v) is 15.4. The first kappa shape index (κ1) is 18.2. The zero-order chi connectivity index (χ0) is 18.7. The van der Waals surface area contributed by atoms with E-state index in [0.29, 0.717) is 40.8 Å². The first-order chi connectivity index (χ1) is 12.5. The van der Waals surface area contributed by atoms with E-state index in [1.54, 1.807) is 34.9 Å². The normalized spacial score (nSPS) is 16.5.